The van der Waals surface area contributed by atoms with Gasteiger partial charge in [-0.05, 0) is 24.8 Å². The van der Waals surface area contributed by atoms with Crippen LogP contribution in [0.25, 0.3) is 10.9 Å². The lowest BCUT2D eigenvalue weighted by Gasteiger charge is -2.38. The van der Waals surface area contributed by atoms with Gasteiger partial charge in [0.05, 0.1) is 11.1 Å². The van der Waals surface area contributed by atoms with Gasteiger partial charge in [-0.3, -0.25) is 9.59 Å². The van der Waals surface area contributed by atoms with Gasteiger partial charge in [-0.25, -0.2) is 0 Å². The molecule has 1 saturated heterocycles. The van der Waals surface area contributed by atoms with E-state index >= 15 is 0 Å². The molecule has 1 amide bonds. The standard InChI is InChI=1S/C18H23N3O2/c1-12-7-8-21(13(9-12)11-19)18(23)15-10-17(22)20(2)16-6-4-3-5-14(15)16/h3-6,10,12-13H,7-9,11,19H2,1-2H3. The molecule has 23 heavy (non-hydrogen) atoms. The summed E-state index contributed by atoms with van der Waals surface area (Å²) in [6.45, 7) is 3.35. The second-order valence-corrected chi connectivity index (χ2v) is 6.49. The highest BCUT2D eigenvalue weighted by Gasteiger charge is 2.30. The van der Waals surface area contributed by atoms with Gasteiger partial charge in [-0.1, -0.05) is 25.1 Å². The van der Waals surface area contributed by atoms with Crippen LogP contribution in [0.2, 0.25) is 0 Å². The molecule has 1 fully saturated rings. The lowest BCUT2D eigenvalue weighted by atomic mass is 9.91. The van der Waals surface area contributed by atoms with E-state index < -0.39 is 0 Å². The minimum atomic E-state index is -0.165. The number of aromatic nitrogens is 1. The third-order valence-corrected chi connectivity index (χ3v) is 4.90. The summed E-state index contributed by atoms with van der Waals surface area (Å²) in [6, 6.07) is 9.03. The van der Waals surface area contributed by atoms with Crippen molar-refractivity contribution < 1.29 is 4.79 Å². The molecule has 0 saturated carbocycles. The lowest BCUT2D eigenvalue weighted by Crippen LogP contribution is -2.49. The zero-order valence-electron chi connectivity index (χ0n) is 13.7. The molecule has 5 heteroatoms. The number of likely N-dealkylation sites (tertiary alicyclic amines) is 1. The molecule has 1 aromatic carbocycles. The predicted molar refractivity (Wildman–Crippen MR) is 91.5 cm³/mol. The predicted octanol–water partition coefficient (Wildman–Crippen LogP) is 1.74. The number of pyridine rings is 1. The van der Waals surface area contributed by atoms with Crippen LogP contribution in [0.5, 0.6) is 0 Å². The van der Waals surface area contributed by atoms with E-state index in [9.17, 15) is 9.59 Å². The van der Waals surface area contributed by atoms with E-state index in [1.54, 1.807) is 11.6 Å². The number of aryl methyl sites for hydroxylation is 1. The Morgan fingerprint density at radius 1 is 1.35 bits per heavy atom. The van der Waals surface area contributed by atoms with Gasteiger partial charge in [0.25, 0.3) is 11.5 Å². The van der Waals surface area contributed by atoms with Gasteiger partial charge in [-0.15, -0.1) is 0 Å². The van der Waals surface area contributed by atoms with Crippen LogP contribution in [-0.4, -0.2) is 34.5 Å². The number of carbonyl (C=O) groups excluding carboxylic acids is 1. The average Bonchev–Trinajstić information content (AvgIpc) is 2.57. The third-order valence-electron chi connectivity index (χ3n) is 4.90. The Hall–Kier alpha value is -2.14. The van der Waals surface area contributed by atoms with E-state index in [1.165, 1.54) is 6.07 Å². The highest BCUT2D eigenvalue weighted by Crippen LogP contribution is 2.25. The van der Waals surface area contributed by atoms with E-state index in [1.807, 2.05) is 29.2 Å². The quantitative estimate of drug-likeness (QED) is 0.918. The molecule has 1 aromatic heterocycles. The molecule has 2 unspecified atom stereocenters. The highest BCUT2D eigenvalue weighted by atomic mass is 16.2. The number of nitrogens with two attached hydrogens (primary N) is 1. The Bertz CT molecular complexity index is 796. The zero-order valence-corrected chi connectivity index (χ0v) is 13.7. The summed E-state index contributed by atoms with van der Waals surface area (Å²) in [6.07, 6.45) is 1.90. The fourth-order valence-electron chi connectivity index (χ4n) is 3.48. The second-order valence-electron chi connectivity index (χ2n) is 6.49. The van der Waals surface area contributed by atoms with E-state index in [2.05, 4.69) is 6.92 Å². The van der Waals surface area contributed by atoms with Crippen molar-refractivity contribution in [2.75, 3.05) is 13.1 Å². The van der Waals surface area contributed by atoms with Crippen LogP contribution in [0, 0.1) is 5.92 Å². The molecule has 2 heterocycles. The number of rotatable bonds is 2. The third kappa shape index (κ3) is 2.77. The smallest absolute Gasteiger partial charge is 0.255 e. The van der Waals surface area contributed by atoms with Crippen molar-refractivity contribution in [3.63, 3.8) is 0 Å². The zero-order chi connectivity index (χ0) is 16.6. The van der Waals surface area contributed by atoms with Gasteiger partial charge < -0.3 is 15.2 Å². The number of amides is 1. The van der Waals surface area contributed by atoms with Crippen LogP contribution >= 0.6 is 0 Å². The monoisotopic (exact) mass is 313 g/mol. The Labute approximate surface area is 135 Å². The molecule has 0 aliphatic carbocycles. The molecule has 2 aromatic rings. The van der Waals surface area contributed by atoms with E-state index in [0.29, 0.717) is 24.6 Å². The Morgan fingerprint density at radius 2 is 2.09 bits per heavy atom. The molecule has 0 radical (unpaired) electrons. The van der Waals surface area contributed by atoms with E-state index in [4.69, 9.17) is 5.73 Å². The molecule has 122 valence electrons. The summed E-state index contributed by atoms with van der Waals surface area (Å²) in [5.41, 5.74) is 6.97. The number of fused-ring (bicyclic) bond motifs is 1. The summed E-state index contributed by atoms with van der Waals surface area (Å²) in [5.74, 6) is 0.495. The number of hydrogen-bond acceptors (Lipinski definition) is 3. The van der Waals surface area contributed by atoms with Crippen molar-refractivity contribution in [2.24, 2.45) is 18.7 Å². The van der Waals surface area contributed by atoms with Crippen LogP contribution in [0.15, 0.2) is 35.1 Å². The normalized spacial score (nSPS) is 21.6. The average molecular weight is 313 g/mol. The first-order chi connectivity index (χ1) is 11.0. The van der Waals surface area contributed by atoms with Crippen molar-refractivity contribution in [1.29, 1.82) is 0 Å². The topological polar surface area (TPSA) is 68.3 Å². The van der Waals surface area contributed by atoms with Gasteiger partial charge in [0.1, 0.15) is 0 Å². The minimum absolute atomic E-state index is 0.0501. The van der Waals surface area contributed by atoms with E-state index in [0.717, 1.165) is 23.7 Å². The summed E-state index contributed by atoms with van der Waals surface area (Å²) in [5, 5.41) is 0.814. The Balaban J connectivity index is 2.08. The number of para-hydroxylation sites is 1. The van der Waals surface area contributed by atoms with Gasteiger partial charge >= 0.3 is 0 Å². The van der Waals surface area contributed by atoms with Crippen molar-refractivity contribution in [3.8, 4) is 0 Å². The molecule has 3 rings (SSSR count). The Morgan fingerprint density at radius 3 is 2.83 bits per heavy atom. The molecule has 5 nitrogen and oxygen atoms in total. The van der Waals surface area contributed by atoms with Crippen molar-refractivity contribution >= 4 is 16.8 Å². The summed E-state index contributed by atoms with van der Waals surface area (Å²) >= 11 is 0. The Kier molecular flexibility index (Phi) is 4.22. The molecule has 1 aliphatic heterocycles. The first-order valence-electron chi connectivity index (χ1n) is 8.12. The maximum Gasteiger partial charge on any atom is 0.255 e. The molecule has 0 spiro atoms. The van der Waals surface area contributed by atoms with Crippen LogP contribution in [0.3, 0.4) is 0 Å². The molecular formula is C18H23N3O2. The van der Waals surface area contributed by atoms with Crippen LogP contribution in [0.4, 0.5) is 0 Å². The number of piperidine rings is 1. The first-order valence-corrected chi connectivity index (χ1v) is 8.12. The highest BCUT2D eigenvalue weighted by molar-refractivity contribution is 6.06. The summed E-state index contributed by atoms with van der Waals surface area (Å²) < 4.78 is 1.57. The van der Waals surface area contributed by atoms with Crippen LogP contribution in [0.1, 0.15) is 30.1 Å². The molecule has 0 bridgehead atoms. The van der Waals surface area contributed by atoms with Crippen LogP contribution in [-0.2, 0) is 7.05 Å². The van der Waals surface area contributed by atoms with E-state index in [-0.39, 0.29) is 17.5 Å². The maximum atomic E-state index is 13.1. The summed E-state index contributed by atoms with van der Waals surface area (Å²) in [7, 11) is 1.73. The number of hydrogen-bond donors (Lipinski definition) is 1. The van der Waals surface area contributed by atoms with Crippen molar-refractivity contribution in [3.05, 3.63) is 46.2 Å². The van der Waals surface area contributed by atoms with Crippen LogP contribution < -0.4 is 11.3 Å². The lowest BCUT2D eigenvalue weighted by molar-refractivity contribution is 0.0575. The van der Waals surface area contributed by atoms with Crippen molar-refractivity contribution in [2.45, 2.75) is 25.8 Å². The van der Waals surface area contributed by atoms with Gasteiger partial charge in [0, 0.05) is 37.6 Å². The van der Waals surface area contributed by atoms with Gasteiger partial charge in [0.15, 0.2) is 0 Å². The second kappa shape index (κ2) is 6.16. The molecule has 2 atom stereocenters. The number of nitrogens with zero attached hydrogens (tertiary/aromatic N) is 2. The fourth-order valence-corrected chi connectivity index (χ4v) is 3.48. The fraction of sp³-hybridized carbons (Fsp3) is 0.444. The molecule has 1 aliphatic rings. The largest absolute Gasteiger partial charge is 0.334 e. The molecular weight excluding hydrogens is 290 g/mol. The molecule has 2 N–H and O–H groups in total. The minimum Gasteiger partial charge on any atom is -0.334 e. The number of carbonyl (C=O) groups is 1. The van der Waals surface area contributed by atoms with Crippen molar-refractivity contribution in [1.82, 2.24) is 9.47 Å². The number of benzene rings is 1. The first kappa shape index (κ1) is 15.7. The maximum absolute atomic E-state index is 13.1. The SMILES string of the molecule is CC1CCN(C(=O)c2cc(=O)n(C)c3ccccc23)C(CN)C1. The summed E-state index contributed by atoms with van der Waals surface area (Å²) in [4.78, 5) is 27.1. The van der Waals surface area contributed by atoms with Gasteiger partial charge in [0.2, 0.25) is 0 Å². The van der Waals surface area contributed by atoms with Gasteiger partial charge in [-0.2, -0.15) is 0 Å².